The van der Waals surface area contributed by atoms with Crippen LogP contribution < -0.4 is 16.0 Å². The van der Waals surface area contributed by atoms with Gasteiger partial charge in [0.1, 0.15) is 12.1 Å². The van der Waals surface area contributed by atoms with Crippen LogP contribution in [0, 0.1) is 0 Å². The number of anilines is 3. The highest BCUT2D eigenvalue weighted by molar-refractivity contribution is 6.06. The predicted molar refractivity (Wildman–Crippen MR) is 153 cm³/mol. The van der Waals surface area contributed by atoms with Crippen LogP contribution in [0.2, 0.25) is 0 Å². The van der Waals surface area contributed by atoms with Gasteiger partial charge in [-0.1, -0.05) is 0 Å². The van der Waals surface area contributed by atoms with Crippen LogP contribution in [0.3, 0.4) is 0 Å². The Balaban J connectivity index is 1.25. The van der Waals surface area contributed by atoms with Gasteiger partial charge in [-0.25, -0.2) is 9.97 Å². The molecule has 2 fully saturated rings. The van der Waals surface area contributed by atoms with Crippen LogP contribution in [0.5, 0.6) is 0 Å². The number of piperazine rings is 1. The molecular weight excluding hydrogens is 510 g/mol. The van der Waals surface area contributed by atoms with Crippen molar-refractivity contribution in [3.63, 3.8) is 0 Å². The lowest BCUT2D eigenvalue weighted by atomic mass is 10.1. The van der Waals surface area contributed by atoms with Crippen molar-refractivity contribution in [2.75, 3.05) is 68.8 Å². The van der Waals surface area contributed by atoms with Crippen LogP contribution in [0.1, 0.15) is 23.3 Å². The SMILES string of the molecule is CN1CCN(CCn2ncc3cc(NC(=O)c4coc(-c5ccnc(N)c5)n4)c(N4CCC(O)CC4)cc32)CC1. The maximum Gasteiger partial charge on any atom is 0.277 e. The topological polar surface area (TPSA) is 142 Å². The second-order valence-electron chi connectivity index (χ2n) is 10.6. The highest BCUT2D eigenvalue weighted by Crippen LogP contribution is 2.34. The lowest BCUT2D eigenvalue weighted by Gasteiger charge is -2.33. The molecule has 0 unspecified atom stereocenters. The van der Waals surface area contributed by atoms with E-state index in [1.807, 2.05) is 16.9 Å². The Morgan fingerprint density at radius 3 is 2.70 bits per heavy atom. The van der Waals surface area contributed by atoms with Gasteiger partial charge < -0.3 is 30.4 Å². The monoisotopic (exact) mass is 545 g/mol. The first-order chi connectivity index (χ1) is 19.4. The number of fused-ring (bicyclic) bond motifs is 1. The van der Waals surface area contributed by atoms with Crippen molar-refractivity contribution in [3.8, 4) is 11.5 Å². The highest BCUT2D eigenvalue weighted by Gasteiger charge is 2.23. The fourth-order valence-corrected chi connectivity index (χ4v) is 5.35. The standard InChI is InChI=1S/C28H35N9O3/c1-34-8-10-35(11-9-34)12-13-37-24-16-25(36-6-3-21(38)4-7-36)22(14-20(24)17-31-37)32-27(39)23-18-40-28(33-23)19-2-5-30-26(29)15-19/h2,5,14-18,21,38H,3-4,6-13H2,1H3,(H2,29,30)(H,32,39). The summed E-state index contributed by atoms with van der Waals surface area (Å²) < 4.78 is 7.61. The van der Waals surface area contributed by atoms with Crippen molar-refractivity contribution < 1.29 is 14.3 Å². The van der Waals surface area contributed by atoms with Crippen LogP contribution >= 0.6 is 0 Å². The van der Waals surface area contributed by atoms with Crippen molar-refractivity contribution >= 4 is 34.0 Å². The number of nitrogen functional groups attached to an aromatic ring is 1. The molecule has 0 aliphatic carbocycles. The molecule has 2 aliphatic heterocycles. The van der Waals surface area contributed by atoms with E-state index in [-0.39, 0.29) is 17.7 Å². The van der Waals surface area contributed by atoms with Crippen molar-refractivity contribution in [3.05, 3.63) is 48.6 Å². The van der Waals surface area contributed by atoms with Crippen LogP contribution in [-0.4, -0.2) is 99.5 Å². The molecular formula is C28H35N9O3. The molecule has 3 aromatic heterocycles. The fraction of sp³-hybridized carbons (Fsp3) is 0.429. The quantitative estimate of drug-likeness (QED) is 0.316. The number of carbonyl (C=O) groups excluding carboxylic acids is 1. The number of aliphatic hydroxyl groups is 1. The Bertz CT molecular complexity index is 1480. The first kappa shape index (κ1) is 26.2. The molecule has 40 heavy (non-hydrogen) atoms. The minimum absolute atomic E-state index is 0.161. The van der Waals surface area contributed by atoms with Crippen LogP contribution in [-0.2, 0) is 6.54 Å². The largest absolute Gasteiger partial charge is 0.444 e. The number of oxazole rings is 1. The van der Waals surface area contributed by atoms with Crippen molar-refractivity contribution in [1.82, 2.24) is 29.5 Å². The van der Waals surface area contributed by atoms with E-state index in [4.69, 9.17) is 10.2 Å². The second-order valence-corrected chi connectivity index (χ2v) is 10.6. The van der Waals surface area contributed by atoms with E-state index in [9.17, 15) is 9.90 Å². The number of aliphatic hydroxyl groups excluding tert-OH is 1. The number of nitrogens with two attached hydrogens (primary N) is 1. The number of rotatable bonds is 7. The molecule has 0 radical (unpaired) electrons. The third-order valence-electron chi connectivity index (χ3n) is 7.80. The number of benzene rings is 1. The zero-order chi connectivity index (χ0) is 27.6. The van der Waals surface area contributed by atoms with Gasteiger partial charge in [-0.3, -0.25) is 14.4 Å². The number of piperidine rings is 1. The molecule has 0 atom stereocenters. The second kappa shape index (κ2) is 11.2. The number of nitrogens with one attached hydrogen (secondary N) is 1. The summed E-state index contributed by atoms with van der Waals surface area (Å²) in [5.41, 5.74) is 9.18. The molecule has 2 aliphatic rings. The number of pyridine rings is 1. The summed E-state index contributed by atoms with van der Waals surface area (Å²) in [5.74, 6) is 0.258. The van der Waals surface area contributed by atoms with E-state index in [2.05, 4.69) is 48.2 Å². The van der Waals surface area contributed by atoms with E-state index < -0.39 is 0 Å². The Labute approximate surface area is 232 Å². The van der Waals surface area contributed by atoms with Gasteiger partial charge in [0.15, 0.2) is 5.69 Å². The summed E-state index contributed by atoms with van der Waals surface area (Å²) in [7, 11) is 2.16. The zero-order valence-electron chi connectivity index (χ0n) is 22.7. The van der Waals surface area contributed by atoms with Gasteiger partial charge in [-0.2, -0.15) is 5.10 Å². The van der Waals surface area contributed by atoms with Crippen molar-refractivity contribution in [2.24, 2.45) is 0 Å². The van der Waals surface area contributed by atoms with Gasteiger partial charge in [0, 0.05) is 63.0 Å². The minimum atomic E-state index is -0.378. The van der Waals surface area contributed by atoms with E-state index in [1.165, 1.54) is 6.26 Å². The lowest BCUT2D eigenvalue weighted by molar-refractivity contribution is 0.102. The lowest BCUT2D eigenvalue weighted by Crippen LogP contribution is -2.45. The summed E-state index contributed by atoms with van der Waals surface area (Å²) in [4.78, 5) is 28.7. The first-order valence-electron chi connectivity index (χ1n) is 13.8. The third kappa shape index (κ3) is 5.64. The van der Waals surface area contributed by atoms with Gasteiger partial charge in [0.05, 0.1) is 35.7 Å². The molecule has 0 bridgehead atoms. The number of carbonyl (C=O) groups is 1. The molecule has 12 nitrogen and oxygen atoms in total. The smallest absolute Gasteiger partial charge is 0.277 e. The molecule has 210 valence electrons. The number of hydrogen-bond donors (Lipinski definition) is 3. The number of amides is 1. The fourth-order valence-electron chi connectivity index (χ4n) is 5.35. The average molecular weight is 546 g/mol. The van der Waals surface area contributed by atoms with Crippen molar-refractivity contribution in [2.45, 2.75) is 25.5 Å². The van der Waals surface area contributed by atoms with E-state index in [0.717, 1.165) is 55.9 Å². The maximum absolute atomic E-state index is 13.3. The molecule has 4 N–H and O–H groups in total. The summed E-state index contributed by atoms with van der Waals surface area (Å²) >= 11 is 0. The minimum Gasteiger partial charge on any atom is -0.444 e. The molecule has 1 aromatic carbocycles. The molecule has 6 rings (SSSR count). The highest BCUT2D eigenvalue weighted by atomic mass is 16.3. The Morgan fingerprint density at radius 1 is 1.12 bits per heavy atom. The average Bonchev–Trinajstić information content (AvgIpc) is 3.61. The summed E-state index contributed by atoms with van der Waals surface area (Å²) in [6, 6.07) is 7.44. The Hall–Kier alpha value is -4.00. The van der Waals surface area contributed by atoms with Gasteiger partial charge in [0.2, 0.25) is 5.89 Å². The molecule has 0 spiro atoms. The van der Waals surface area contributed by atoms with E-state index >= 15 is 0 Å². The van der Waals surface area contributed by atoms with E-state index in [0.29, 0.717) is 48.9 Å². The maximum atomic E-state index is 13.3. The summed E-state index contributed by atoms with van der Waals surface area (Å²) in [5, 5.41) is 18.8. The van der Waals surface area contributed by atoms with Crippen LogP contribution in [0.4, 0.5) is 17.2 Å². The van der Waals surface area contributed by atoms with Gasteiger partial charge >= 0.3 is 0 Å². The predicted octanol–water partition coefficient (Wildman–Crippen LogP) is 2.13. The number of likely N-dealkylation sites (N-methyl/N-ethyl adjacent to an activating group) is 1. The molecule has 0 saturated carbocycles. The molecule has 2 saturated heterocycles. The summed E-state index contributed by atoms with van der Waals surface area (Å²) in [6.07, 6.45) is 5.80. The van der Waals surface area contributed by atoms with Crippen LogP contribution in [0.25, 0.3) is 22.4 Å². The molecule has 1 amide bonds. The molecule has 12 heteroatoms. The zero-order valence-corrected chi connectivity index (χ0v) is 22.7. The van der Waals surface area contributed by atoms with Gasteiger partial charge in [0.25, 0.3) is 5.91 Å². The van der Waals surface area contributed by atoms with Crippen molar-refractivity contribution in [1.29, 1.82) is 0 Å². The van der Waals surface area contributed by atoms with Crippen LogP contribution in [0.15, 0.2) is 47.3 Å². The molecule has 4 aromatic rings. The Kier molecular flexibility index (Phi) is 7.37. The number of hydrogen-bond acceptors (Lipinski definition) is 10. The normalized spacial score (nSPS) is 17.5. The third-order valence-corrected chi connectivity index (χ3v) is 7.80. The molecule has 5 heterocycles. The summed E-state index contributed by atoms with van der Waals surface area (Å²) in [6.45, 7) is 7.40. The number of nitrogens with zero attached hydrogens (tertiary/aromatic N) is 7. The first-order valence-corrected chi connectivity index (χ1v) is 13.8. The number of aromatic nitrogens is 4. The van der Waals surface area contributed by atoms with Gasteiger partial charge in [-0.05, 0) is 44.2 Å². The van der Waals surface area contributed by atoms with Gasteiger partial charge in [-0.15, -0.1) is 0 Å². The van der Waals surface area contributed by atoms with E-state index in [1.54, 1.807) is 18.3 Å². The Morgan fingerprint density at radius 2 is 1.93 bits per heavy atom.